The zero-order valence-electron chi connectivity index (χ0n) is 15.7. The summed E-state index contributed by atoms with van der Waals surface area (Å²) in [5, 5.41) is 1.03. The molecule has 29 heavy (non-hydrogen) atoms. The number of sulfone groups is 1. The number of hydrogen-bond acceptors (Lipinski definition) is 5. The first kappa shape index (κ1) is 21.5. The molecule has 2 heterocycles. The van der Waals surface area contributed by atoms with Gasteiger partial charge in [0.1, 0.15) is 0 Å². The van der Waals surface area contributed by atoms with E-state index in [0.717, 1.165) is 37.0 Å². The number of nitrogens with zero attached hydrogens (tertiary/aromatic N) is 1. The molecule has 0 atom stereocenters. The minimum absolute atomic E-state index is 0.386. The molecule has 0 unspecified atom stereocenters. The second-order valence-corrected chi connectivity index (χ2v) is 9.87. The van der Waals surface area contributed by atoms with Gasteiger partial charge in [-0.1, -0.05) is 30.3 Å². The molecule has 0 amide bonds. The Morgan fingerprint density at radius 3 is 2.31 bits per heavy atom. The lowest BCUT2D eigenvalue weighted by Crippen LogP contribution is -2.29. The Labute approximate surface area is 169 Å². The Morgan fingerprint density at radius 1 is 1.03 bits per heavy atom. The molecule has 156 valence electrons. The van der Waals surface area contributed by atoms with Gasteiger partial charge in [0.2, 0.25) is 0 Å². The molecule has 0 bridgehead atoms. The molecule has 0 saturated heterocycles. The first-order chi connectivity index (χ1) is 13.5. The van der Waals surface area contributed by atoms with Crippen molar-refractivity contribution in [3.63, 3.8) is 0 Å². The quantitative estimate of drug-likeness (QED) is 0.536. The highest BCUT2D eigenvalue weighted by molar-refractivity contribution is 7.90. The summed E-state index contributed by atoms with van der Waals surface area (Å²) in [6.07, 6.45) is 2.22. The molecule has 0 fully saturated rings. The van der Waals surface area contributed by atoms with Crippen LogP contribution < -0.4 is 0 Å². The van der Waals surface area contributed by atoms with Gasteiger partial charge in [-0.25, -0.2) is 8.42 Å². The predicted molar refractivity (Wildman–Crippen MR) is 110 cm³/mol. The number of aromatic nitrogens is 1. The van der Waals surface area contributed by atoms with Gasteiger partial charge in [0, 0.05) is 48.9 Å². The summed E-state index contributed by atoms with van der Waals surface area (Å²) in [4.78, 5) is 6.26. The highest BCUT2D eigenvalue weighted by Crippen LogP contribution is 2.30. The largest absolute Gasteiger partial charge is 0.394 e. The molecule has 1 aliphatic heterocycles. The van der Waals surface area contributed by atoms with Gasteiger partial charge >= 0.3 is 10.4 Å². The van der Waals surface area contributed by atoms with Gasteiger partial charge in [0.25, 0.3) is 0 Å². The molecule has 0 saturated carbocycles. The molecule has 0 spiro atoms. The average Bonchev–Trinajstić information content (AvgIpc) is 2.98. The fourth-order valence-corrected chi connectivity index (χ4v) is 4.10. The highest BCUT2D eigenvalue weighted by atomic mass is 32.3. The summed E-state index contributed by atoms with van der Waals surface area (Å²) in [6.45, 7) is 2.77. The van der Waals surface area contributed by atoms with Crippen LogP contribution in [0.1, 0.15) is 16.8 Å². The Bertz CT molecular complexity index is 1210. The van der Waals surface area contributed by atoms with Crippen LogP contribution in [0.25, 0.3) is 10.9 Å². The van der Waals surface area contributed by atoms with Crippen LogP contribution in [0.15, 0.2) is 53.4 Å². The topological polar surface area (TPSA) is 128 Å². The van der Waals surface area contributed by atoms with Gasteiger partial charge in [0.15, 0.2) is 9.84 Å². The van der Waals surface area contributed by atoms with E-state index in [1.54, 1.807) is 6.07 Å². The van der Waals surface area contributed by atoms with Crippen LogP contribution in [0.2, 0.25) is 0 Å². The summed E-state index contributed by atoms with van der Waals surface area (Å²) in [6, 6.07) is 15.8. The van der Waals surface area contributed by atoms with Gasteiger partial charge < -0.3 is 4.98 Å². The smallest absolute Gasteiger partial charge is 0.358 e. The summed E-state index contributed by atoms with van der Waals surface area (Å²) < 4.78 is 55.3. The molecule has 1 aliphatic rings. The van der Waals surface area contributed by atoms with Crippen molar-refractivity contribution < 1.29 is 25.9 Å². The molecule has 0 radical (unpaired) electrons. The van der Waals surface area contributed by atoms with Crippen molar-refractivity contribution >= 4 is 31.1 Å². The zero-order chi connectivity index (χ0) is 21.2. The number of aromatic amines is 1. The molecular formula is C19H22N2O6S2. The van der Waals surface area contributed by atoms with Crippen LogP contribution in [0, 0.1) is 0 Å². The first-order valence-electron chi connectivity index (χ1n) is 8.80. The van der Waals surface area contributed by atoms with Crippen molar-refractivity contribution in [3.8, 4) is 0 Å². The highest BCUT2D eigenvalue weighted by Gasteiger charge is 2.21. The lowest BCUT2D eigenvalue weighted by Gasteiger charge is -2.27. The van der Waals surface area contributed by atoms with Gasteiger partial charge in [-0.15, -0.1) is 0 Å². The van der Waals surface area contributed by atoms with Crippen LogP contribution in [0.3, 0.4) is 0 Å². The molecule has 1 aromatic heterocycles. The number of H-pyrrole nitrogens is 1. The van der Waals surface area contributed by atoms with Crippen molar-refractivity contribution in [2.45, 2.75) is 24.4 Å². The normalized spacial score (nSPS) is 14.9. The van der Waals surface area contributed by atoms with Crippen molar-refractivity contribution in [1.82, 2.24) is 9.88 Å². The number of rotatable bonds is 3. The number of benzene rings is 2. The maximum atomic E-state index is 11.9. The standard InChI is InChI=1S/C19H20N2O2S.H2O4S/c1-24(22,23)15-7-8-18-16(11-15)17-13-21(10-9-19(17)20-18)12-14-5-3-2-4-6-14;1-5(2,3)4/h2-8,11,20H,9-10,12-13H2,1H3;(H2,1,2,3,4). The lowest BCUT2D eigenvalue weighted by atomic mass is 10.0. The summed E-state index contributed by atoms with van der Waals surface area (Å²) in [7, 11) is -7.85. The van der Waals surface area contributed by atoms with E-state index >= 15 is 0 Å². The van der Waals surface area contributed by atoms with Crippen LogP contribution in [0.4, 0.5) is 0 Å². The average molecular weight is 439 g/mol. The van der Waals surface area contributed by atoms with E-state index in [-0.39, 0.29) is 0 Å². The van der Waals surface area contributed by atoms with E-state index in [9.17, 15) is 8.42 Å². The third kappa shape index (κ3) is 5.87. The Hall–Kier alpha value is -2.24. The predicted octanol–water partition coefficient (Wildman–Crippen LogP) is 2.48. The van der Waals surface area contributed by atoms with Crippen molar-refractivity contribution in [2.75, 3.05) is 12.8 Å². The summed E-state index contributed by atoms with van der Waals surface area (Å²) in [5.74, 6) is 0. The van der Waals surface area contributed by atoms with Gasteiger partial charge in [0.05, 0.1) is 4.90 Å². The fourth-order valence-electron chi connectivity index (χ4n) is 3.46. The molecule has 2 aromatic carbocycles. The van der Waals surface area contributed by atoms with Crippen LogP contribution in [-0.4, -0.2) is 48.6 Å². The Kier molecular flexibility index (Phi) is 6.11. The maximum absolute atomic E-state index is 11.9. The van der Waals surface area contributed by atoms with E-state index in [4.69, 9.17) is 17.5 Å². The first-order valence-corrected chi connectivity index (χ1v) is 12.1. The second kappa shape index (κ2) is 8.25. The second-order valence-electron chi connectivity index (χ2n) is 6.96. The lowest BCUT2D eigenvalue weighted by molar-refractivity contribution is 0.245. The summed E-state index contributed by atoms with van der Waals surface area (Å²) >= 11 is 0. The molecule has 0 aliphatic carbocycles. The van der Waals surface area contributed by atoms with Crippen LogP contribution in [0.5, 0.6) is 0 Å². The van der Waals surface area contributed by atoms with E-state index in [0.29, 0.717) is 4.90 Å². The number of nitrogens with one attached hydrogen (secondary N) is 1. The Morgan fingerprint density at radius 2 is 1.69 bits per heavy atom. The monoisotopic (exact) mass is 438 g/mol. The van der Waals surface area contributed by atoms with Gasteiger partial charge in [-0.05, 0) is 29.3 Å². The van der Waals surface area contributed by atoms with Crippen molar-refractivity contribution in [3.05, 3.63) is 65.4 Å². The van der Waals surface area contributed by atoms with Crippen molar-refractivity contribution in [1.29, 1.82) is 0 Å². The summed E-state index contributed by atoms with van der Waals surface area (Å²) in [5.41, 5.74) is 4.80. The van der Waals surface area contributed by atoms with E-state index in [1.165, 1.54) is 23.1 Å². The minimum Gasteiger partial charge on any atom is -0.358 e. The molecule has 3 aromatic rings. The van der Waals surface area contributed by atoms with Gasteiger partial charge in [-0.3, -0.25) is 14.0 Å². The molecule has 3 N–H and O–H groups in total. The molecule has 10 heteroatoms. The zero-order valence-corrected chi connectivity index (χ0v) is 17.4. The SMILES string of the molecule is CS(=O)(=O)c1ccc2[nH]c3c(c2c1)CN(Cc1ccccc1)CC3.O=S(=O)(O)O. The van der Waals surface area contributed by atoms with Crippen molar-refractivity contribution in [2.24, 2.45) is 0 Å². The maximum Gasteiger partial charge on any atom is 0.394 e. The Balaban J connectivity index is 0.000000431. The van der Waals surface area contributed by atoms with E-state index < -0.39 is 20.2 Å². The fraction of sp³-hybridized carbons (Fsp3) is 0.263. The molecule has 8 nitrogen and oxygen atoms in total. The third-order valence-electron chi connectivity index (χ3n) is 4.70. The minimum atomic E-state index is -4.67. The number of hydrogen-bond donors (Lipinski definition) is 3. The van der Waals surface area contributed by atoms with E-state index in [2.05, 4.69) is 34.1 Å². The van der Waals surface area contributed by atoms with Crippen LogP contribution >= 0.6 is 0 Å². The van der Waals surface area contributed by atoms with E-state index in [1.807, 2.05) is 18.2 Å². The van der Waals surface area contributed by atoms with Gasteiger partial charge in [-0.2, -0.15) is 8.42 Å². The molecular weight excluding hydrogens is 416 g/mol. The molecule has 4 rings (SSSR count). The van der Waals surface area contributed by atoms with Crippen LogP contribution in [-0.2, 0) is 39.7 Å². The third-order valence-corrected chi connectivity index (χ3v) is 5.81. The number of fused-ring (bicyclic) bond motifs is 3.